The van der Waals surface area contributed by atoms with Crippen molar-refractivity contribution in [2.24, 2.45) is 0 Å². The van der Waals surface area contributed by atoms with Crippen molar-refractivity contribution in [3.63, 3.8) is 0 Å². The summed E-state index contributed by atoms with van der Waals surface area (Å²) in [5, 5.41) is 15.7. The van der Waals surface area contributed by atoms with Gasteiger partial charge in [0.2, 0.25) is 5.95 Å². The van der Waals surface area contributed by atoms with E-state index in [1.807, 2.05) is 0 Å². The lowest BCUT2D eigenvalue weighted by molar-refractivity contribution is -0.142. The van der Waals surface area contributed by atoms with E-state index < -0.39 is 29.3 Å². The molecule has 0 aliphatic heterocycles. The van der Waals surface area contributed by atoms with Gasteiger partial charge in [-0.15, -0.1) is 0 Å². The first-order valence-corrected chi connectivity index (χ1v) is 9.67. The number of rotatable bonds is 5. The van der Waals surface area contributed by atoms with Crippen molar-refractivity contribution in [1.29, 1.82) is 0 Å². The molecule has 1 amide bonds. The van der Waals surface area contributed by atoms with Crippen molar-refractivity contribution in [1.82, 2.24) is 15.3 Å². The zero-order valence-electron chi connectivity index (χ0n) is 15.8. The third kappa shape index (κ3) is 5.96. The molecule has 1 heterocycles. The second kappa shape index (κ2) is 9.05. The number of hydrogen-bond donors (Lipinski definition) is 3. The highest BCUT2D eigenvalue weighted by molar-refractivity contribution is 6.30. The Morgan fingerprint density at radius 1 is 1.27 bits per heavy atom. The Hall–Kier alpha value is -2.59. The number of nitrogens with zero attached hydrogens (tertiary/aromatic N) is 2. The zero-order chi connectivity index (χ0) is 21.8. The van der Waals surface area contributed by atoms with Crippen LogP contribution in [0.2, 0.25) is 5.02 Å². The quantitative estimate of drug-likeness (QED) is 0.620. The van der Waals surface area contributed by atoms with Crippen molar-refractivity contribution in [2.75, 3.05) is 11.9 Å². The predicted octanol–water partition coefficient (Wildman–Crippen LogP) is 4.68. The van der Waals surface area contributed by atoms with E-state index in [2.05, 4.69) is 20.6 Å². The summed E-state index contributed by atoms with van der Waals surface area (Å²) >= 11 is 5.85. The number of ether oxygens (including phenoxy) is 1. The summed E-state index contributed by atoms with van der Waals surface area (Å²) in [5.74, 6) is -1.18. The minimum Gasteiger partial charge on any atom is -0.406 e. The van der Waals surface area contributed by atoms with Crippen LogP contribution in [0.1, 0.15) is 37.8 Å². The van der Waals surface area contributed by atoms with E-state index in [1.165, 1.54) is 6.07 Å². The second-order valence-corrected chi connectivity index (χ2v) is 7.50. The highest BCUT2D eigenvalue weighted by Crippen LogP contribution is 2.35. The molecule has 11 heteroatoms. The molecule has 1 aromatic carbocycles. The van der Waals surface area contributed by atoms with Crippen LogP contribution in [0.5, 0.6) is 5.75 Å². The van der Waals surface area contributed by atoms with Crippen LogP contribution in [0.15, 0.2) is 30.5 Å². The summed E-state index contributed by atoms with van der Waals surface area (Å²) in [7, 11) is 0. The molecule has 0 spiro atoms. The van der Waals surface area contributed by atoms with Crippen molar-refractivity contribution in [3.05, 3.63) is 41.2 Å². The number of aromatic nitrogens is 2. The van der Waals surface area contributed by atoms with Gasteiger partial charge in [0.05, 0.1) is 11.8 Å². The molecule has 0 unspecified atom stereocenters. The lowest BCUT2D eigenvalue weighted by Gasteiger charge is -2.31. The number of aliphatic hydroxyl groups is 1. The third-order valence-electron chi connectivity index (χ3n) is 4.65. The minimum atomic E-state index is -4.88. The number of amides is 1. The Morgan fingerprint density at radius 3 is 2.67 bits per heavy atom. The van der Waals surface area contributed by atoms with Crippen LogP contribution in [0.25, 0.3) is 0 Å². The number of carbonyl (C=O) groups is 1. The van der Waals surface area contributed by atoms with Gasteiger partial charge in [0.25, 0.3) is 0 Å². The lowest BCUT2D eigenvalue weighted by atomic mass is 9.85. The molecular formula is C19H20ClF3N4O3. The topological polar surface area (TPSA) is 96.4 Å². The lowest BCUT2D eigenvalue weighted by Crippen LogP contribution is -2.45. The fourth-order valence-corrected chi connectivity index (χ4v) is 3.35. The number of carbonyl (C=O) groups excluding carboxylic acids is 1. The molecule has 0 saturated heterocycles. The molecular weight excluding hydrogens is 425 g/mol. The molecule has 0 bridgehead atoms. The third-order valence-corrected chi connectivity index (χ3v) is 4.89. The standard InChI is InChI=1S/C19H20ClF3N4O3/c20-12-5-4-6-13(9-12)26-16-24-10-14(15(27-16)19(21,22)23)30-17(28)25-11-18(29)7-2-1-3-8-18/h4-6,9-10,29H,1-3,7-8,11H2,(H,25,28)(H,24,26,27). The highest BCUT2D eigenvalue weighted by Gasteiger charge is 2.38. The van der Waals surface area contributed by atoms with Gasteiger partial charge in [-0.3, -0.25) is 0 Å². The first-order valence-electron chi connectivity index (χ1n) is 9.30. The molecule has 7 nitrogen and oxygen atoms in total. The Morgan fingerprint density at radius 2 is 2.00 bits per heavy atom. The van der Waals surface area contributed by atoms with E-state index >= 15 is 0 Å². The van der Waals surface area contributed by atoms with Crippen molar-refractivity contribution < 1.29 is 27.8 Å². The molecule has 30 heavy (non-hydrogen) atoms. The van der Waals surface area contributed by atoms with E-state index in [4.69, 9.17) is 16.3 Å². The van der Waals surface area contributed by atoms with Crippen LogP contribution >= 0.6 is 11.6 Å². The zero-order valence-corrected chi connectivity index (χ0v) is 16.6. The Labute approximate surface area is 175 Å². The molecule has 1 aliphatic rings. The molecule has 162 valence electrons. The molecule has 0 atom stereocenters. The Kier molecular flexibility index (Phi) is 6.67. The Balaban J connectivity index is 1.71. The fraction of sp³-hybridized carbons (Fsp3) is 0.421. The fourth-order valence-electron chi connectivity index (χ4n) is 3.16. The number of benzene rings is 1. The summed E-state index contributed by atoms with van der Waals surface area (Å²) in [4.78, 5) is 19.2. The predicted molar refractivity (Wildman–Crippen MR) is 104 cm³/mol. The molecule has 1 aromatic heterocycles. The van der Waals surface area contributed by atoms with E-state index in [-0.39, 0.29) is 12.5 Å². The van der Waals surface area contributed by atoms with Crippen molar-refractivity contribution in [2.45, 2.75) is 43.9 Å². The van der Waals surface area contributed by atoms with Gasteiger partial charge in [-0.1, -0.05) is 36.9 Å². The van der Waals surface area contributed by atoms with Crippen molar-refractivity contribution >= 4 is 29.3 Å². The smallest absolute Gasteiger partial charge is 0.406 e. The maximum absolute atomic E-state index is 13.4. The van der Waals surface area contributed by atoms with Crippen LogP contribution in [0.3, 0.4) is 0 Å². The van der Waals surface area contributed by atoms with E-state index in [9.17, 15) is 23.1 Å². The summed E-state index contributed by atoms with van der Waals surface area (Å²) in [6.07, 6.45) is -1.60. The van der Waals surface area contributed by atoms with Crippen LogP contribution < -0.4 is 15.4 Å². The number of hydrogen-bond acceptors (Lipinski definition) is 6. The molecule has 1 saturated carbocycles. The first kappa shape index (κ1) is 22.1. The second-order valence-electron chi connectivity index (χ2n) is 7.07. The summed E-state index contributed by atoms with van der Waals surface area (Å²) in [6.45, 7) is -0.109. The van der Waals surface area contributed by atoms with Crippen molar-refractivity contribution in [3.8, 4) is 5.75 Å². The molecule has 3 N–H and O–H groups in total. The van der Waals surface area contributed by atoms with Gasteiger partial charge in [-0.05, 0) is 31.0 Å². The first-order chi connectivity index (χ1) is 14.1. The average molecular weight is 445 g/mol. The average Bonchev–Trinajstić information content (AvgIpc) is 2.67. The van der Waals surface area contributed by atoms with Crippen LogP contribution in [0.4, 0.5) is 29.6 Å². The van der Waals surface area contributed by atoms with E-state index in [1.54, 1.807) is 18.2 Å². The summed E-state index contributed by atoms with van der Waals surface area (Å²) < 4.78 is 45.1. The number of halogens is 4. The molecule has 1 aliphatic carbocycles. The maximum atomic E-state index is 13.4. The SMILES string of the molecule is O=C(NCC1(O)CCCCC1)Oc1cnc(Nc2cccc(Cl)c2)nc1C(F)(F)F. The van der Waals surface area contributed by atoms with Gasteiger partial charge < -0.3 is 20.5 Å². The monoisotopic (exact) mass is 444 g/mol. The maximum Gasteiger partial charge on any atom is 0.437 e. The summed E-state index contributed by atoms with van der Waals surface area (Å²) in [6, 6.07) is 6.29. The van der Waals surface area contributed by atoms with E-state index in [0.29, 0.717) is 23.6 Å². The minimum absolute atomic E-state index is 0.109. The number of anilines is 2. The molecule has 3 rings (SSSR count). The van der Waals surface area contributed by atoms with Gasteiger partial charge in [0.15, 0.2) is 11.4 Å². The van der Waals surface area contributed by atoms with Crippen LogP contribution in [0, 0.1) is 0 Å². The van der Waals surface area contributed by atoms with Gasteiger partial charge in [-0.25, -0.2) is 14.8 Å². The van der Waals surface area contributed by atoms with Gasteiger partial charge in [-0.2, -0.15) is 13.2 Å². The molecule has 1 fully saturated rings. The normalized spacial score (nSPS) is 16.0. The molecule has 0 radical (unpaired) electrons. The van der Waals surface area contributed by atoms with Gasteiger partial charge >= 0.3 is 12.3 Å². The van der Waals surface area contributed by atoms with Gasteiger partial charge in [0, 0.05) is 17.3 Å². The largest absolute Gasteiger partial charge is 0.437 e. The highest BCUT2D eigenvalue weighted by atomic mass is 35.5. The van der Waals surface area contributed by atoms with E-state index in [0.717, 1.165) is 25.5 Å². The van der Waals surface area contributed by atoms with Crippen LogP contribution in [-0.2, 0) is 6.18 Å². The molecule has 2 aromatic rings. The van der Waals surface area contributed by atoms with Gasteiger partial charge in [0.1, 0.15) is 0 Å². The number of nitrogens with one attached hydrogen (secondary N) is 2. The number of alkyl halides is 3. The summed E-state index contributed by atoms with van der Waals surface area (Å²) in [5.41, 5.74) is -2.10. The Bertz CT molecular complexity index is 905. The van der Waals surface area contributed by atoms with Crippen LogP contribution in [-0.4, -0.2) is 33.3 Å².